The molecule has 3 nitrogen and oxygen atoms in total. The first-order valence-corrected chi connectivity index (χ1v) is 6.76. The Morgan fingerprint density at radius 3 is 2.47 bits per heavy atom. The molecule has 0 bridgehead atoms. The lowest BCUT2D eigenvalue weighted by atomic mass is 10.1. The van der Waals surface area contributed by atoms with E-state index in [1.807, 2.05) is 12.1 Å². The molecule has 1 heterocycles. The van der Waals surface area contributed by atoms with Gasteiger partial charge in [0.2, 0.25) is 0 Å². The van der Waals surface area contributed by atoms with Gasteiger partial charge in [-0.1, -0.05) is 18.2 Å². The van der Waals surface area contributed by atoms with Crippen LogP contribution in [0.1, 0.15) is 32.1 Å². The summed E-state index contributed by atoms with van der Waals surface area (Å²) in [6, 6.07) is 8.26. The van der Waals surface area contributed by atoms with Gasteiger partial charge in [-0.15, -0.1) is 0 Å². The van der Waals surface area contributed by atoms with Gasteiger partial charge in [-0.25, -0.2) is 0 Å². The molecule has 2 aromatic rings. The number of furan rings is 1. The van der Waals surface area contributed by atoms with Crippen LogP contribution in [-0.2, 0) is 13.1 Å². The van der Waals surface area contributed by atoms with Crippen LogP contribution in [0.5, 0.6) is 0 Å². The SMILES string of the molecule is CN(C)Cc1c(CNC(C)(C)C)oc2ccccc12. The molecule has 0 fully saturated rings. The standard InChI is InChI=1S/C16H24N2O/c1-16(2,3)17-10-15-13(11-18(4)5)12-8-6-7-9-14(12)19-15/h6-9,17H,10-11H2,1-5H3. The summed E-state index contributed by atoms with van der Waals surface area (Å²) in [6.07, 6.45) is 0. The Bertz CT molecular complexity index is 549. The average Bonchev–Trinajstić information content (AvgIpc) is 2.64. The quantitative estimate of drug-likeness (QED) is 0.913. The molecule has 0 atom stereocenters. The molecule has 0 unspecified atom stereocenters. The molecule has 1 N–H and O–H groups in total. The van der Waals surface area contributed by atoms with Crippen LogP contribution < -0.4 is 5.32 Å². The third kappa shape index (κ3) is 3.58. The van der Waals surface area contributed by atoms with Crippen LogP contribution in [0.2, 0.25) is 0 Å². The van der Waals surface area contributed by atoms with Crippen molar-refractivity contribution in [2.24, 2.45) is 0 Å². The zero-order chi connectivity index (χ0) is 14.0. The fraction of sp³-hybridized carbons (Fsp3) is 0.500. The van der Waals surface area contributed by atoms with E-state index in [-0.39, 0.29) is 5.54 Å². The highest BCUT2D eigenvalue weighted by molar-refractivity contribution is 5.82. The molecule has 0 saturated heterocycles. The van der Waals surface area contributed by atoms with Gasteiger partial charge in [0, 0.05) is 23.0 Å². The average molecular weight is 260 g/mol. The number of fused-ring (bicyclic) bond motifs is 1. The molecule has 3 heteroatoms. The maximum atomic E-state index is 6.01. The van der Waals surface area contributed by atoms with E-state index in [4.69, 9.17) is 4.42 Å². The molecule has 0 amide bonds. The van der Waals surface area contributed by atoms with Gasteiger partial charge in [-0.05, 0) is 40.9 Å². The monoisotopic (exact) mass is 260 g/mol. The van der Waals surface area contributed by atoms with E-state index in [2.05, 4.69) is 57.2 Å². The van der Waals surface area contributed by atoms with E-state index in [0.29, 0.717) is 0 Å². The number of nitrogens with one attached hydrogen (secondary N) is 1. The van der Waals surface area contributed by atoms with Crippen molar-refractivity contribution in [2.75, 3.05) is 14.1 Å². The van der Waals surface area contributed by atoms with Gasteiger partial charge in [0.05, 0.1) is 6.54 Å². The molecule has 0 aliphatic carbocycles. The highest BCUT2D eigenvalue weighted by Gasteiger charge is 2.16. The highest BCUT2D eigenvalue weighted by atomic mass is 16.3. The Balaban J connectivity index is 2.35. The second-order valence-corrected chi connectivity index (χ2v) is 6.34. The number of hydrogen-bond acceptors (Lipinski definition) is 3. The van der Waals surface area contributed by atoms with Crippen molar-refractivity contribution in [3.63, 3.8) is 0 Å². The lowest BCUT2D eigenvalue weighted by molar-refractivity contribution is 0.374. The maximum absolute atomic E-state index is 6.01. The molecule has 2 rings (SSSR count). The summed E-state index contributed by atoms with van der Waals surface area (Å²) < 4.78 is 6.01. The van der Waals surface area contributed by atoms with Gasteiger partial charge >= 0.3 is 0 Å². The fourth-order valence-corrected chi connectivity index (χ4v) is 2.13. The zero-order valence-electron chi connectivity index (χ0n) is 12.6. The summed E-state index contributed by atoms with van der Waals surface area (Å²) in [7, 11) is 4.17. The second-order valence-electron chi connectivity index (χ2n) is 6.34. The van der Waals surface area contributed by atoms with Gasteiger partial charge < -0.3 is 14.6 Å². The van der Waals surface area contributed by atoms with Crippen LogP contribution in [0.4, 0.5) is 0 Å². The molecule has 19 heavy (non-hydrogen) atoms. The van der Waals surface area contributed by atoms with Crippen LogP contribution in [0.25, 0.3) is 11.0 Å². The number of rotatable bonds is 4. The lowest BCUT2D eigenvalue weighted by Crippen LogP contribution is -2.35. The molecular formula is C16H24N2O. The van der Waals surface area contributed by atoms with Crippen molar-refractivity contribution < 1.29 is 4.42 Å². The summed E-state index contributed by atoms with van der Waals surface area (Å²) in [6.45, 7) is 8.17. The molecule has 0 spiro atoms. The summed E-state index contributed by atoms with van der Waals surface area (Å²) >= 11 is 0. The maximum Gasteiger partial charge on any atom is 0.134 e. The van der Waals surface area contributed by atoms with Gasteiger partial charge in [-0.3, -0.25) is 0 Å². The molecule has 104 valence electrons. The third-order valence-corrected chi connectivity index (χ3v) is 3.04. The molecular weight excluding hydrogens is 236 g/mol. The normalized spacial score (nSPS) is 12.5. The van der Waals surface area contributed by atoms with E-state index in [9.17, 15) is 0 Å². The number of hydrogen-bond donors (Lipinski definition) is 1. The Morgan fingerprint density at radius 1 is 1.16 bits per heavy atom. The summed E-state index contributed by atoms with van der Waals surface area (Å²) in [5.74, 6) is 1.05. The van der Waals surface area contributed by atoms with Crippen molar-refractivity contribution in [1.82, 2.24) is 10.2 Å². The minimum Gasteiger partial charge on any atom is -0.459 e. The van der Waals surface area contributed by atoms with Crippen LogP contribution in [0.15, 0.2) is 28.7 Å². The van der Waals surface area contributed by atoms with Crippen LogP contribution in [0, 0.1) is 0 Å². The summed E-state index contributed by atoms with van der Waals surface area (Å²) in [5.41, 5.74) is 2.36. The molecule has 0 aliphatic rings. The molecule has 0 radical (unpaired) electrons. The second kappa shape index (κ2) is 5.35. The van der Waals surface area contributed by atoms with E-state index >= 15 is 0 Å². The van der Waals surface area contributed by atoms with Crippen molar-refractivity contribution in [1.29, 1.82) is 0 Å². The first-order chi connectivity index (χ1) is 8.87. The lowest BCUT2D eigenvalue weighted by Gasteiger charge is -2.20. The van der Waals surface area contributed by atoms with Gasteiger partial charge in [-0.2, -0.15) is 0 Å². The number of para-hydroxylation sites is 1. The Labute approximate surface area is 115 Å². The predicted octanol–water partition coefficient (Wildman–Crippen LogP) is 3.38. The van der Waals surface area contributed by atoms with Crippen molar-refractivity contribution in [3.8, 4) is 0 Å². The van der Waals surface area contributed by atoms with E-state index in [1.54, 1.807) is 0 Å². The van der Waals surface area contributed by atoms with Crippen molar-refractivity contribution in [2.45, 2.75) is 39.4 Å². The fourth-order valence-electron chi connectivity index (χ4n) is 2.13. The minimum atomic E-state index is 0.0916. The van der Waals surface area contributed by atoms with Gasteiger partial charge in [0.1, 0.15) is 11.3 Å². The van der Waals surface area contributed by atoms with Crippen molar-refractivity contribution in [3.05, 3.63) is 35.6 Å². The summed E-state index contributed by atoms with van der Waals surface area (Å²) in [5, 5.41) is 4.72. The molecule has 1 aromatic carbocycles. The van der Waals surface area contributed by atoms with E-state index < -0.39 is 0 Å². The van der Waals surface area contributed by atoms with E-state index in [0.717, 1.165) is 24.4 Å². The number of benzene rings is 1. The largest absolute Gasteiger partial charge is 0.459 e. The Kier molecular flexibility index (Phi) is 3.97. The number of nitrogens with zero attached hydrogens (tertiary/aromatic N) is 1. The molecule has 0 aliphatic heterocycles. The van der Waals surface area contributed by atoms with Gasteiger partial charge in [0.25, 0.3) is 0 Å². The predicted molar refractivity (Wildman–Crippen MR) is 80.2 cm³/mol. The van der Waals surface area contributed by atoms with Crippen molar-refractivity contribution >= 4 is 11.0 Å². The molecule has 1 aromatic heterocycles. The Hall–Kier alpha value is -1.32. The van der Waals surface area contributed by atoms with Crippen LogP contribution >= 0.6 is 0 Å². The smallest absolute Gasteiger partial charge is 0.134 e. The summed E-state index contributed by atoms with van der Waals surface area (Å²) in [4.78, 5) is 2.18. The van der Waals surface area contributed by atoms with Crippen LogP contribution in [0.3, 0.4) is 0 Å². The zero-order valence-corrected chi connectivity index (χ0v) is 12.6. The Morgan fingerprint density at radius 2 is 1.84 bits per heavy atom. The first kappa shape index (κ1) is 14.1. The highest BCUT2D eigenvalue weighted by Crippen LogP contribution is 2.27. The van der Waals surface area contributed by atoms with Crippen LogP contribution in [-0.4, -0.2) is 24.5 Å². The van der Waals surface area contributed by atoms with E-state index in [1.165, 1.54) is 10.9 Å². The topological polar surface area (TPSA) is 28.4 Å². The van der Waals surface area contributed by atoms with Gasteiger partial charge in [0.15, 0.2) is 0 Å². The minimum absolute atomic E-state index is 0.0916. The first-order valence-electron chi connectivity index (χ1n) is 6.76. The third-order valence-electron chi connectivity index (χ3n) is 3.04. The molecule has 0 saturated carbocycles.